The molecule has 0 aliphatic carbocycles. The zero-order chi connectivity index (χ0) is 12.3. The van der Waals surface area contributed by atoms with E-state index in [1.807, 2.05) is 11.9 Å². The Morgan fingerprint density at radius 2 is 2.47 bits per heavy atom. The number of aryl methyl sites for hydroxylation is 1. The van der Waals surface area contributed by atoms with Gasteiger partial charge in [0, 0.05) is 18.5 Å². The predicted molar refractivity (Wildman–Crippen MR) is 71.1 cm³/mol. The minimum Gasteiger partial charge on any atom is -0.340 e. The molecule has 0 radical (unpaired) electrons. The number of carbonyl (C=O) groups is 1. The van der Waals surface area contributed by atoms with E-state index < -0.39 is 0 Å². The molecule has 1 aliphatic rings. The van der Waals surface area contributed by atoms with Crippen LogP contribution in [0.2, 0.25) is 0 Å². The largest absolute Gasteiger partial charge is 0.340 e. The van der Waals surface area contributed by atoms with Crippen molar-refractivity contribution in [3.8, 4) is 0 Å². The summed E-state index contributed by atoms with van der Waals surface area (Å²) in [6.45, 7) is 4.75. The quantitative estimate of drug-likeness (QED) is 0.892. The first kappa shape index (κ1) is 12.6. The van der Waals surface area contributed by atoms with E-state index in [1.54, 1.807) is 11.3 Å². The Morgan fingerprint density at radius 1 is 1.65 bits per heavy atom. The Bertz CT molecular complexity index is 383. The highest BCUT2D eigenvalue weighted by molar-refractivity contribution is 7.10. The van der Waals surface area contributed by atoms with Crippen LogP contribution in [0.1, 0.15) is 23.3 Å². The summed E-state index contributed by atoms with van der Waals surface area (Å²) >= 11 is 1.73. The average Bonchev–Trinajstić information content (AvgIpc) is 2.75. The monoisotopic (exact) mass is 252 g/mol. The number of piperidine rings is 1. The van der Waals surface area contributed by atoms with Crippen molar-refractivity contribution in [2.75, 3.05) is 20.1 Å². The highest BCUT2D eigenvalue weighted by Gasteiger charge is 2.24. The third-order valence-electron chi connectivity index (χ3n) is 3.37. The Kier molecular flexibility index (Phi) is 4.18. The van der Waals surface area contributed by atoms with E-state index in [0.717, 1.165) is 32.5 Å². The van der Waals surface area contributed by atoms with Crippen LogP contribution >= 0.6 is 11.3 Å². The molecule has 0 spiro atoms. The predicted octanol–water partition coefficient (Wildman–Crippen LogP) is 2.01. The van der Waals surface area contributed by atoms with Crippen molar-refractivity contribution >= 4 is 17.2 Å². The number of nitrogens with one attached hydrogen (secondary N) is 1. The minimum atomic E-state index is 0.175. The van der Waals surface area contributed by atoms with Gasteiger partial charge < -0.3 is 10.2 Å². The highest BCUT2D eigenvalue weighted by atomic mass is 32.1. The van der Waals surface area contributed by atoms with E-state index >= 15 is 0 Å². The molecule has 94 valence electrons. The molecule has 1 aliphatic heterocycles. The van der Waals surface area contributed by atoms with Crippen molar-refractivity contribution in [3.63, 3.8) is 0 Å². The molecule has 1 saturated heterocycles. The van der Waals surface area contributed by atoms with Crippen LogP contribution in [0.4, 0.5) is 0 Å². The summed E-state index contributed by atoms with van der Waals surface area (Å²) in [6, 6.07) is 2.11. The molecule has 1 amide bonds. The zero-order valence-corrected chi connectivity index (χ0v) is 11.3. The lowest BCUT2D eigenvalue weighted by atomic mass is 9.98. The molecule has 1 aromatic rings. The van der Waals surface area contributed by atoms with Crippen LogP contribution in [-0.4, -0.2) is 30.9 Å². The van der Waals surface area contributed by atoms with Gasteiger partial charge >= 0.3 is 0 Å². The van der Waals surface area contributed by atoms with Gasteiger partial charge in [0.2, 0.25) is 5.91 Å². The summed E-state index contributed by atoms with van der Waals surface area (Å²) in [5.41, 5.74) is 1.29. The molecule has 17 heavy (non-hydrogen) atoms. The molecule has 1 aromatic heterocycles. The van der Waals surface area contributed by atoms with Gasteiger partial charge in [-0.05, 0) is 43.3 Å². The maximum atomic E-state index is 12.2. The second kappa shape index (κ2) is 5.65. The average molecular weight is 252 g/mol. The van der Waals surface area contributed by atoms with Crippen molar-refractivity contribution in [3.05, 3.63) is 21.9 Å². The Labute approximate surface area is 107 Å². The molecule has 0 saturated carbocycles. The van der Waals surface area contributed by atoms with Crippen LogP contribution in [-0.2, 0) is 11.3 Å². The lowest BCUT2D eigenvalue weighted by molar-refractivity contribution is -0.135. The van der Waals surface area contributed by atoms with E-state index in [4.69, 9.17) is 0 Å². The molecule has 2 rings (SSSR count). The summed E-state index contributed by atoms with van der Waals surface area (Å²) in [4.78, 5) is 15.4. The van der Waals surface area contributed by atoms with Crippen molar-refractivity contribution in [2.45, 2.75) is 26.3 Å². The van der Waals surface area contributed by atoms with Gasteiger partial charge in [-0.1, -0.05) is 0 Å². The normalized spacial score (nSPS) is 20.2. The fourth-order valence-corrected chi connectivity index (χ4v) is 3.19. The van der Waals surface area contributed by atoms with Gasteiger partial charge in [0.15, 0.2) is 0 Å². The van der Waals surface area contributed by atoms with Gasteiger partial charge in [-0.3, -0.25) is 4.79 Å². The van der Waals surface area contributed by atoms with Crippen LogP contribution in [0, 0.1) is 12.8 Å². The number of nitrogens with zero attached hydrogens (tertiary/aromatic N) is 1. The van der Waals surface area contributed by atoms with E-state index in [9.17, 15) is 4.79 Å². The molecule has 1 N–H and O–H groups in total. The minimum absolute atomic E-state index is 0.175. The lowest BCUT2D eigenvalue weighted by Crippen LogP contribution is -2.41. The SMILES string of the molecule is Cc1ccsc1CN(C)C(=O)[C@@H]1CCCNC1. The molecule has 0 aromatic carbocycles. The summed E-state index contributed by atoms with van der Waals surface area (Å²) in [7, 11) is 1.91. The standard InChI is InChI=1S/C13H20N2OS/c1-10-5-7-17-12(10)9-15(2)13(16)11-4-3-6-14-8-11/h5,7,11,14H,3-4,6,8-9H2,1-2H3/t11-/m1/s1. The first-order valence-electron chi connectivity index (χ1n) is 6.17. The fourth-order valence-electron chi connectivity index (χ4n) is 2.23. The van der Waals surface area contributed by atoms with Crippen molar-refractivity contribution in [1.82, 2.24) is 10.2 Å². The molecule has 0 unspecified atom stereocenters. The summed E-state index contributed by atoms with van der Waals surface area (Å²) < 4.78 is 0. The fraction of sp³-hybridized carbons (Fsp3) is 0.615. The highest BCUT2D eigenvalue weighted by Crippen LogP contribution is 2.19. The summed E-state index contributed by atoms with van der Waals surface area (Å²) in [6.07, 6.45) is 2.14. The van der Waals surface area contributed by atoms with Crippen molar-refractivity contribution in [1.29, 1.82) is 0 Å². The van der Waals surface area contributed by atoms with E-state index in [2.05, 4.69) is 23.7 Å². The third-order valence-corrected chi connectivity index (χ3v) is 4.38. The molecule has 0 bridgehead atoms. The molecule has 1 atom stereocenters. The number of carbonyl (C=O) groups excluding carboxylic acids is 1. The molecule has 3 nitrogen and oxygen atoms in total. The summed E-state index contributed by atoms with van der Waals surface area (Å²) in [5.74, 6) is 0.457. The second-order valence-corrected chi connectivity index (χ2v) is 5.77. The molecular weight excluding hydrogens is 232 g/mol. The van der Waals surface area contributed by atoms with Crippen LogP contribution in [0.3, 0.4) is 0 Å². The Hall–Kier alpha value is -0.870. The van der Waals surface area contributed by atoms with Crippen molar-refractivity contribution in [2.24, 2.45) is 5.92 Å². The smallest absolute Gasteiger partial charge is 0.227 e. The van der Waals surface area contributed by atoms with Crippen LogP contribution in [0.25, 0.3) is 0 Å². The number of hydrogen-bond donors (Lipinski definition) is 1. The van der Waals surface area contributed by atoms with Gasteiger partial charge in [0.1, 0.15) is 0 Å². The van der Waals surface area contributed by atoms with Gasteiger partial charge in [-0.2, -0.15) is 0 Å². The topological polar surface area (TPSA) is 32.3 Å². The maximum Gasteiger partial charge on any atom is 0.227 e. The Morgan fingerprint density at radius 3 is 3.06 bits per heavy atom. The van der Waals surface area contributed by atoms with E-state index in [-0.39, 0.29) is 11.8 Å². The summed E-state index contributed by atoms with van der Waals surface area (Å²) in [5, 5.41) is 5.38. The second-order valence-electron chi connectivity index (χ2n) is 4.76. The number of amides is 1. The number of rotatable bonds is 3. The first-order chi connectivity index (χ1) is 8.18. The first-order valence-corrected chi connectivity index (χ1v) is 7.05. The van der Waals surface area contributed by atoms with Crippen LogP contribution in [0.5, 0.6) is 0 Å². The van der Waals surface area contributed by atoms with Crippen molar-refractivity contribution < 1.29 is 4.79 Å². The van der Waals surface area contributed by atoms with Crippen LogP contribution < -0.4 is 5.32 Å². The van der Waals surface area contributed by atoms with E-state index in [0.29, 0.717) is 0 Å². The third kappa shape index (κ3) is 3.07. The number of thiophene rings is 1. The maximum absolute atomic E-state index is 12.2. The van der Waals surface area contributed by atoms with Gasteiger partial charge in [0.05, 0.1) is 12.5 Å². The van der Waals surface area contributed by atoms with Crippen LogP contribution in [0.15, 0.2) is 11.4 Å². The molecule has 4 heteroatoms. The molecule has 1 fully saturated rings. The molecule has 2 heterocycles. The zero-order valence-electron chi connectivity index (χ0n) is 10.5. The Balaban J connectivity index is 1.93. The number of hydrogen-bond acceptors (Lipinski definition) is 3. The van der Waals surface area contributed by atoms with E-state index in [1.165, 1.54) is 10.4 Å². The van der Waals surface area contributed by atoms with Gasteiger partial charge in [-0.25, -0.2) is 0 Å². The molecular formula is C13H20N2OS. The lowest BCUT2D eigenvalue weighted by Gasteiger charge is -2.26. The van der Waals surface area contributed by atoms with Gasteiger partial charge in [0.25, 0.3) is 0 Å². The van der Waals surface area contributed by atoms with Gasteiger partial charge in [-0.15, -0.1) is 11.3 Å².